The normalized spacial score (nSPS) is 16.7. The first-order valence-corrected chi connectivity index (χ1v) is 10.2. The van der Waals surface area contributed by atoms with Gasteiger partial charge in [-0.3, -0.25) is 16.4 Å². The fraction of sp³-hybridized carbons (Fsp3) is 0.435. The number of rotatable bonds is 6. The Morgan fingerprint density at radius 1 is 1.32 bits per heavy atom. The van der Waals surface area contributed by atoms with Crippen molar-refractivity contribution in [1.82, 2.24) is 9.55 Å². The van der Waals surface area contributed by atoms with E-state index in [1.54, 1.807) is 11.7 Å². The predicted molar refractivity (Wildman–Crippen MR) is 111 cm³/mol. The Morgan fingerprint density at radius 3 is 3.03 bits per heavy atom. The number of hydrogen-bond acceptors (Lipinski definition) is 6. The third-order valence-electron chi connectivity index (χ3n) is 5.17. The molecule has 1 atom stereocenters. The van der Waals surface area contributed by atoms with E-state index in [0.717, 1.165) is 41.6 Å². The van der Waals surface area contributed by atoms with Crippen LogP contribution in [0.2, 0.25) is 0 Å². The molecule has 0 bridgehead atoms. The smallest absolute Gasteiger partial charge is 0.351 e. The van der Waals surface area contributed by atoms with Gasteiger partial charge in [0.25, 0.3) is 0 Å². The average Bonchev–Trinajstić information content (AvgIpc) is 2.77. The third-order valence-corrected chi connectivity index (χ3v) is 5.17. The molecule has 2 aliphatic heterocycles. The summed E-state index contributed by atoms with van der Waals surface area (Å²) in [6, 6.07) is 7.86. The SMILES string of the molecule is CO[CH-]C#Cc1ccc2c(c1)CCn1c-2cc(OCCCC2COCCO2)nc1=O.[V]. The maximum absolute atomic E-state index is 12.5. The van der Waals surface area contributed by atoms with E-state index in [9.17, 15) is 4.79 Å². The Kier molecular flexibility index (Phi) is 8.64. The summed E-state index contributed by atoms with van der Waals surface area (Å²) in [5, 5.41) is 0. The second kappa shape index (κ2) is 11.4. The number of ether oxygens (including phenoxy) is 4. The molecule has 3 heterocycles. The van der Waals surface area contributed by atoms with Crippen LogP contribution < -0.4 is 10.4 Å². The van der Waals surface area contributed by atoms with Crippen molar-refractivity contribution in [3.63, 3.8) is 0 Å². The number of aromatic nitrogens is 2. The van der Waals surface area contributed by atoms with Crippen molar-refractivity contribution in [2.24, 2.45) is 0 Å². The van der Waals surface area contributed by atoms with E-state index in [0.29, 0.717) is 38.9 Å². The monoisotopic (exact) mass is 460 g/mol. The number of nitrogens with zero attached hydrogens (tertiary/aromatic N) is 2. The minimum Gasteiger partial charge on any atom is -0.477 e. The van der Waals surface area contributed by atoms with Crippen molar-refractivity contribution in [2.75, 3.05) is 33.5 Å². The molecule has 31 heavy (non-hydrogen) atoms. The van der Waals surface area contributed by atoms with Crippen molar-refractivity contribution in [1.29, 1.82) is 0 Å². The van der Waals surface area contributed by atoms with Crippen LogP contribution in [-0.2, 0) is 45.7 Å². The summed E-state index contributed by atoms with van der Waals surface area (Å²) in [4.78, 5) is 16.6. The first kappa shape index (κ1) is 23.5. The van der Waals surface area contributed by atoms with E-state index < -0.39 is 0 Å². The molecule has 8 heteroatoms. The molecule has 1 aromatic carbocycles. The molecule has 2 aromatic rings. The molecule has 0 aliphatic carbocycles. The second-order valence-corrected chi connectivity index (χ2v) is 7.22. The molecule has 4 rings (SSSR count). The van der Waals surface area contributed by atoms with Crippen molar-refractivity contribution in [2.45, 2.75) is 31.9 Å². The molecule has 1 fully saturated rings. The minimum absolute atomic E-state index is 0. The average molecular weight is 460 g/mol. The van der Waals surface area contributed by atoms with Gasteiger partial charge in [-0.2, -0.15) is 4.98 Å². The second-order valence-electron chi connectivity index (χ2n) is 7.22. The van der Waals surface area contributed by atoms with Gasteiger partial charge in [0, 0.05) is 43.8 Å². The van der Waals surface area contributed by atoms with Gasteiger partial charge in [-0.05, 0) is 24.8 Å². The largest absolute Gasteiger partial charge is 0.477 e. The van der Waals surface area contributed by atoms with Gasteiger partial charge < -0.3 is 18.9 Å². The summed E-state index contributed by atoms with van der Waals surface area (Å²) in [6.45, 7) is 4.47. The summed E-state index contributed by atoms with van der Waals surface area (Å²) in [7, 11) is 1.57. The first-order valence-electron chi connectivity index (χ1n) is 10.2. The van der Waals surface area contributed by atoms with Gasteiger partial charge in [-0.1, -0.05) is 30.4 Å². The van der Waals surface area contributed by atoms with Crippen LogP contribution in [0.25, 0.3) is 11.3 Å². The minimum atomic E-state index is -0.282. The Bertz CT molecular complexity index is 1010. The number of hydrogen-bond donors (Lipinski definition) is 0. The standard InChI is InChI=1S/C23H25N2O5.V/c1-27-10-2-4-17-6-7-20-18(14-17)8-9-25-21(20)15-22(24-23(25)26)30-11-3-5-19-16-28-12-13-29-19;/h6-7,10,14-15,19H,3,5,8-9,11-13,16H2,1H3;/q-1;. The summed E-state index contributed by atoms with van der Waals surface area (Å²) in [5.41, 5.74) is 3.64. The van der Waals surface area contributed by atoms with E-state index in [-0.39, 0.29) is 30.3 Å². The predicted octanol–water partition coefficient (Wildman–Crippen LogP) is 2.20. The van der Waals surface area contributed by atoms with Crippen molar-refractivity contribution < 1.29 is 37.5 Å². The molecular weight excluding hydrogens is 435 g/mol. The Morgan fingerprint density at radius 2 is 2.23 bits per heavy atom. The van der Waals surface area contributed by atoms with Gasteiger partial charge in [-0.15, -0.1) is 0 Å². The Hall–Kier alpha value is -2.21. The molecule has 0 N–H and O–H groups in total. The van der Waals surface area contributed by atoms with Gasteiger partial charge in [-0.25, -0.2) is 4.79 Å². The summed E-state index contributed by atoms with van der Waals surface area (Å²) >= 11 is 0. The molecule has 0 amide bonds. The summed E-state index contributed by atoms with van der Waals surface area (Å²) in [5.74, 6) is 6.26. The van der Waals surface area contributed by atoms with E-state index in [1.165, 1.54) is 6.61 Å². The quantitative estimate of drug-likeness (QED) is 0.374. The number of benzene rings is 1. The summed E-state index contributed by atoms with van der Waals surface area (Å²) < 4.78 is 23.4. The number of fused-ring (bicyclic) bond motifs is 3. The molecule has 0 spiro atoms. The van der Waals surface area contributed by atoms with Crippen LogP contribution in [0.5, 0.6) is 5.88 Å². The van der Waals surface area contributed by atoms with Gasteiger partial charge in [0.15, 0.2) is 0 Å². The van der Waals surface area contributed by atoms with Crippen LogP contribution in [0.3, 0.4) is 0 Å². The molecule has 1 unspecified atom stereocenters. The zero-order valence-corrected chi connectivity index (χ0v) is 18.9. The van der Waals surface area contributed by atoms with Crippen LogP contribution >= 0.6 is 0 Å². The maximum Gasteiger partial charge on any atom is 0.351 e. The zero-order valence-electron chi connectivity index (χ0n) is 17.5. The van der Waals surface area contributed by atoms with Gasteiger partial charge in [0.2, 0.25) is 5.88 Å². The Labute approximate surface area is 193 Å². The zero-order chi connectivity index (χ0) is 20.8. The Balaban J connectivity index is 0.00000272. The van der Waals surface area contributed by atoms with Crippen molar-refractivity contribution in [3.8, 4) is 29.0 Å². The molecule has 2 aliphatic rings. The van der Waals surface area contributed by atoms with Crippen LogP contribution in [-0.4, -0.2) is 49.2 Å². The van der Waals surface area contributed by atoms with Gasteiger partial charge >= 0.3 is 5.69 Å². The van der Waals surface area contributed by atoms with Crippen LogP contribution in [0, 0.1) is 18.4 Å². The number of aryl methyl sites for hydroxylation is 1. The molecule has 1 saturated heterocycles. The molecule has 0 saturated carbocycles. The fourth-order valence-corrected chi connectivity index (χ4v) is 3.72. The molecule has 1 radical (unpaired) electrons. The molecule has 1 aromatic heterocycles. The summed E-state index contributed by atoms with van der Waals surface area (Å²) in [6.07, 6.45) is 2.55. The molecule has 163 valence electrons. The number of methoxy groups -OCH3 is 1. The van der Waals surface area contributed by atoms with Crippen LogP contribution in [0.15, 0.2) is 29.1 Å². The third kappa shape index (κ3) is 5.94. The van der Waals surface area contributed by atoms with Gasteiger partial charge in [0.1, 0.15) is 0 Å². The van der Waals surface area contributed by atoms with Gasteiger partial charge in [0.05, 0.1) is 38.2 Å². The van der Waals surface area contributed by atoms with Crippen LogP contribution in [0.1, 0.15) is 24.0 Å². The van der Waals surface area contributed by atoms with E-state index in [2.05, 4.69) is 22.9 Å². The van der Waals surface area contributed by atoms with E-state index in [4.69, 9.17) is 18.9 Å². The molecular formula is C23H25N2O5V-. The van der Waals surface area contributed by atoms with Crippen molar-refractivity contribution >= 4 is 0 Å². The topological polar surface area (TPSA) is 71.8 Å². The fourth-order valence-electron chi connectivity index (χ4n) is 3.72. The first-order chi connectivity index (χ1) is 14.7. The van der Waals surface area contributed by atoms with Crippen molar-refractivity contribution in [3.05, 3.63) is 52.5 Å². The van der Waals surface area contributed by atoms with E-state index >= 15 is 0 Å². The van der Waals surface area contributed by atoms with Crippen LogP contribution in [0.4, 0.5) is 0 Å². The maximum atomic E-state index is 12.5. The van der Waals surface area contributed by atoms with E-state index in [1.807, 2.05) is 18.2 Å². The molecule has 7 nitrogen and oxygen atoms in total.